The maximum absolute atomic E-state index is 13.3. The lowest BCUT2D eigenvalue weighted by Crippen LogP contribution is -2.27. The van der Waals surface area contributed by atoms with Crippen molar-refractivity contribution in [3.63, 3.8) is 0 Å². The monoisotopic (exact) mass is 389 g/mol. The third kappa shape index (κ3) is 4.43. The molecule has 5 nitrogen and oxygen atoms in total. The lowest BCUT2D eigenvalue weighted by Gasteiger charge is -2.13. The molecule has 0 aliphatic heterocycles. The Morgan fingerprint density at radius 3 is 2.72 bits per heavy atom. The number of nitrogens with zero attached hydrogens (tertiary/aromatic N) is 1. The van der Waals surface area contributed by atoms with Crippen molar-refractivity contribution < 1.29 is 13.9 Å². The maximum Gasteiger partial charge on any atom is 0.268 e. The molecule has 2 N–H and O–H groups in total. The molecular weight excluding hydrogens is 369 g/mol. The normalized spacial score (nSPS) is 11.9. The number of aromatic amines is 1. The molecule has 4 aromatic rings. The summed E-state index contributed by atoms with van der Waals surface area (Å²) in [5.74, 6) is 0.0460. The zero-order chi connectivity index (χ0) is 20.2. The number of pyridine rings is 1. The Morgan fingerprint density at radius 1 is 1.14 bits per heavy atom. The molecule has 0 bridgehead atoms. The number of carbonyl (C=O) groups is 1. The van der Waals surface area contributed by atoms with Gasteiger partial charge in [-0.25, -0.2) is 4.39 Å². The second kappa shape index (κ2) is 8.14. The van der Waals surface area contributed by atoms with Gasteiger partial charge in [-0.15, -0.1) is 0 Å². The van der Waals surface area contributed by atoms with E-state index in [0.717, 1.165) is 5.56 Å². The van der Waals surface area contributed by atoms with Crippen LogP contribution in [0.2, 0.25) is 0 Å². The van der Waals surface area contributed by atoms with Crippen molar-refractivity contribution in [1.29, 1.82) is 0 Å². The predicted octanol–water partition coefficient (Wildman–Crippen LogP) is 4.77. The molecule has 1 unspecified atom stereocenters. The summed E-state index contributed by atoms with van der Waals surface area (Å²) in [6.45, 7) is 2.32. The summed E-state index contributed by atoms with van der Waals surface area (Å²) in [6.07, 6.45) is 1.65. The van der Waals surface area contributed by atoms with Crippen LogP contribution in [0.5, 0.6) is 5.75 Å². The molecule has 0 fully saturated rings. The van der Waals surface area contributed by atoms with Gasteiger partial charge in [0.2, 0.25) is 0 Å². The van der Waals surface area contributed by atoms with Crippen LogP contribution in [0.3, 0.4) is 0 Å². The van der Waals surface area contributed by atoms with Crippen LogP contribution in [0.15, 0.2) is 72.9 Å². The minimum Gasteiger partial charge on any atom is -0.487 e. The van der Waals surface area contributed by atoms with Gasteiger partial charge in [0.1, 0.15) is 23.9 Å². The molecule has 4 rings (SSSR count). The van der Waals surface area contributed by atoms with Crippen molar-refractivity contribution in [1.82, 2.24) is 15.3 Å². The van der Waals surface area contributed by atoms with Crippen LogP contribution in [0.4, 0.5) is 4.39 Å². The van der Waals surface area contributed by atoms with E-state index in [4.69, 9.17) is 4.74 Å². The Balaban J connectivity index is 1.38. The van der Waals surface area contributed by atoms with Gasteiger partial charge in [0, 0.05) is 10.9 Å². The molecule has 0 aliphatic carbocycles. The first kappa shape index (κ1) is 18.7. The number of carbonyl (C=O) groups excluding carboxylic acids is 1. The molecule has 2 heterocycles. The van der Waals surface area contributed by atoms with Crippen molar-refractivity contribution >= 4 is 16.8 Å². The topological polar surface area (TPSA) is 67.0 Å². The molecule has 0 aliphatic rings. The number of amides is 1. The zero-order valence-corrected chi connectivity index (χ0v) is 15.9. The molecule has 2 aromatic heterocycles. The molecule has 6 heteroatoms. The van der Waals surface area contributed by atoms with Crippen LogP contribution in [-0.4, -0.2) is 15.9 Å². The lowest BCUT2D eigenvalue weighted by molar-refractivity contribution is 0.0935. The second-order valence-electron chi connectivity index (χ2n) is 6.80. The van der Waals surface area contributed by atoms with Crippen molar-refractivity contribution in [3.05, 3.63) is 95.7 Å². The fourth-order valence-electron chi connectivity index (χ4n) is 3.05. The molecule has 0 spiro atoms. The average molecular weight is 389 g/mol. The first-order chi connectivity index (χ1) is 14.1. The fourth-order valence-corrected chi connectivity index (χ4v) is 3.05. The minimum atomic E-state index is -0.337. The third-order valence-electron chi connectivity index (χ3n) is 4.63. The molecule has 146 valence electrons. The first-order valence-electron chi connectivity index (χ1n) is 9.30. The predicted molar refractivity (Wildman–Crippen MR) is 109 cm³/mol. The summed E-state index contributed by atoms with van der Waals surface area (Å²) in [4.78, 5) is 19.9. The Labute approximate surface area is 167 Å². The Morgan fingerprint density at radius 2 is 1.97 bits per heavy atom. The van der Waals surface area contributed by atoms with Crippen LogP contribution in [-0.2, 0) is 6.61 Å². The van der Waals surface area contributed by atoms with Crippen LogP contribution in [0.1, 0.15) is 34.7 Å². The second-order valence-corrected chi connectivity index (χ2v) is 6.80. The SMILES string of the molecule is CC(NC(=O)c1cc2cc(F)ccc2[nH]1)c1ccc(OCc2ccccc2)cn1. The highest BCUT2D eigenvalue weighted by molar-refractivity contribution is 5.98. The van der Waals surface area contributed by atoms with Gasteiger partial charge in [-0.05, 0) is 48.9 Å². The smallest absolute Gasteiger partial charge is 0.268 e. The molecule has 0 radical (unpaired) electrons. The number of rotatable bonds is 6. The quantitative estimate of drug-likeness (QED) is 0.499. The van der Waals surface area contributed by atoms with Gasteiger partial charge in [-0.1, -0.05) is 30.3 Å². The van der Waals surface area contributed by atoms with Crippen molar-refractivity contribution in [2.75, 3.05) is 0 Å². The number of hydrogen-bond donors (Lipinski definition) is 2. The molecule has 29 heavy (non-hydrogen) atoms. The van der Waals surface area contributed by atoms with Crippen LogP contribution < -0.4 is 10.1 Å². The molecule has 2 aromatic carbocycles. The number of H-pyrrole nitrogens is 1. The van der Waals surface area contributed by atoms with E-state index in [1.54, 1.807) is 18.3 Å². The van der Waals surface area contributed by atoms with Gasteiger partial charge >= 0.3 is 0 Å². The summed E-state index contributed by atoms with van der Waals surface area (Å²) in [5.41, 5.74) is 2.88. The number of fused-ring (bicyclic) bond motifs is 1. The van der Waals surface area contributed by atoms with E-state index in [0.29, 0.717) is 34.6 Å². The number of hydrogen-bond acceptors (Lipinski definition) is 3. The largest absolute Gasteiger partial charge is 0.487 e. The van der Waals surface area contributed by atoms with Crippen molar-refractivity contribution in [3.8, 4) is 5.75 Å². The van der Waals surface area contributed by atoms with E-state index in [9.17, 15) is 9.18 Å². The van der Waals surface area contributed by atoms with Crippen LogP contribution in [0.25, 0.3) is 10.9 Å². The molecule has 1 atom stereocenters. The van der Waals surface area contributed by atoms with E-state index in [1.807, 2.05) is 49.4 Å². The summed E-state index contributed by atoms with van der Waals surface area (Å²) in [5, 5.41) is 3.55. The van der Waals surface area contributed by atoms with Crippen LogP contribution in [0, 0.1) is 5.82 Å². The van der Waals surface area contributed by atoms with E-state index in [-0.39, 0.29) is 17.8 Å². The number of aromatic nitrogens is 2. The Hall–Kier alpha value is -3.67. The first-order valence-corrected chi connectivity index (χ1v) is 9.30. The van der Waals surface area contributed by atoms with Crippen LogP contribution >= 0.6 is 0 Å². The molecular formula is C23H20FN3O2. The minimum absolute atomic E-state index is 0.277. The van der Waals surface area contributed by atoms with Gasteiger partial charge < -0.3 is 15.0 Å². The Kier molecular flexibility index (Phi) is 5.24. The van der Waals surface area contributed by atoms with Gasteiger partial charge in [-0.2, -0.15) is 0 Å². The maximum atomic E-state index is 13.3. The lowest BCUT2D eigenvalue weighted by atomic mass is 10.2. The Bertz CT molecular complexity index is 1120. The van der Waals surface area contributed by atoms with Crippen molar-refractivity contribution in [2.45, 2.75) is 19.6 Å². The summed E-state index contributed by atoms with van der Waals surface area (Å²) < 4.78 is 19.1. The summed E-state index contributed by atoms with van der Waals surface area (Å²) in [7, 11) is 0. The van der Waals surface area contributed by atoms with E-state index in [2.05, 4.69) is 15.3 Å². The highest BCUT2D eigenvalue weighted by Crippen LogP contribution is 2.19. The number of nitrogens with one attached hydrogen (secondary N) is 2. The van der Waals surface area contributed by atoms with Gasteiger partial charge in [0.25, 0.3) is 5.91 Å². The van der Waals surface area contributed by atoms with Gasteiger partial charge in [-0.3, -0.25) is 9.78 Å². The fraction of sp³-hybridized carbons (Fsp3) is 0.130. The standard InChI is InChI=1S/C23H20FN3O2/c1-15(26-23(28)22-12-17-11-18(24)7-9-21(17)27-22)20-10-8-19(13-25-20)29-14-16-5-3-2-4-6-16/h2-13,15,27H,14H2,1H3,(H,26,28). The highest BCUT2D eigenvalue weighted by Gasteiger charge is 2.15. The van der Waals surface area contributed by atoms with E-state index < -0.39 is 0 Å². The van der Waals surface area contributed by atoms with E-state index >= 15 is 0 Å². The third-order valence-corrected chi connectivity index (χ3v) is 4.63. The van der Waals surface area contributed by atoms with Gasteiger partial charge in [0.15, 0.2) is 0 Å². The van der Waals surface area contributed by atoms with E-state index in [1.165, 1.54) is 12.1 Å². The zero-order valence-electron chi connectivity index (χ0n) is 15.9. The number of halogens is 1. The van der Waals surface area contributed by atoms with Gasteiger partial charge in [0.05, 0.1) is 17.9 Å². The average Bonchev–Trinajstić information content (AvgIpc) is 3.17. The number of ether oxygens (including phenoxy) is 1. The molecule has 0 saturated carbocycles. The number of benzene rings is 2. The highest BCUT2D eigenvalue weighted by atomic mass is 19.1. The van der Waals surface area contributed by atoms with Crippen molar-refractivity contribution in [2.24, 2.45) is 0 Å². The summed E-state index contributed by atoms with van der Waals surface area (Å²) >= 11 is 0. The summed E-state index contributed by atoms with van der Waals surface area (Å²) in [6, 6.07) is 19.2. The molecule has 0 saturated heterocycles. The molecule has 1 amide bonds.